The van der Waals surface area contributed by atoms with Crippen LogP contribution in [0, 0.1) is 4.77 Å². The number of rotatable bonds is 8. The normalized spacial score (nSPS) is 11.7. The third-order valence-corrected chi connectivity index (χ3v) is 4.81. The maximum atomic E-state index is 12.7. The van der Waals surface area contributed by atoms with Gasteiger partial charge in [-0.1, -0.05) is 17.7 Å². The smallest absolute Gasteiger partial charge is 0.328 e. The molecule has 1 amide bonds. The van der Waals surface area contributed by atoms with Crippen molar-refractivity contribution in [3.05, 3.63) is 64.7 Å². The van der Waals surface area contributed by atoms with Crippen LogP contribution in [0.4, 0.5) is 11.4 Å². The third-order valence-electron chi connectivity index (χ3n) is 4.27. The van der Waals surface area contributed by atoms with Gasteiger partial charge >= 0.3 is 5.97 Å². The minimum absolute atomic E-state index is 0.297. The van der Waals surface area contributed by atoms with Gasteiger partial charge in [-0.25, -0.2) is 4.79 Å². The average Bonchev–Trinajstić information content (AvgIpc) is 3.14. The number of aliphatic hydroxyl groups is 1. The maximum absolute atomic E-state index is 12.7. The second-order valence-corrected chi connectivity index (χ2v) is 7.09. The number of carboxylic acid groups (broad SMARTS) is 1. The van der Waals surface area contributed by atoms with Gasteiger partial charge in [-0.2, -0.15) is 5.10 Å². The summed E-state index contributed by atoms with van der Waals surface area (Å²) in [5.41, 5.74) is 1.63. The number of aliphatic hydroxyl groups excluding tert-OH is 1. The Morgan fingerprint density at radius 3 is 2.60 bits per heavy atom. The first kappa shape index (κ1) is 21.5. The number of hydrogen-bond donors (Lipinski definition) is 4. The first-order valence-corrected chi connectivity index (χ1v) is 9.56. The van der Waals surface area contributed by atoms with Crippen LogP contribution in [0.3, 0.4) is 0 Å². The molecule has 0 saturated heterocycles. The molecule has 1 atom stereocenters. The molecule has 0 spiro atoms. The van der Waals surface area contributed by atoms with Crippen LogP contribution in [0.2, 0.25) is 5.02 Å². The van der Waals surface area contributed by atoms with E-state index in [9.17, 15) is 19.8 Å². The maximum Gasteiger partial charge on any atom is 0.328 e. The highest BCUT2D eigenvalue weighted by Gasteiger charge is 2.27. The van der Waals surface area contributed by atoms with E-state index in [4.69, 9.17) is 23.8 Å². The Balaban J connectivity index is 1.81. The molecule has 2 aromatic carbocycles. The highest BCUT2D eigenvalue weighted by Crippen LogP contribution is 2.21. The first-order chi connectivity index (χ1) is 14.4. The summed E-state index contributed by atoms with van der Waals surface area (Å²) in [4.78, 5) is 25.5. The molecule has 3 rings (SSSR count). The molecule has 1 unspecified atom stereocenters. The van der Waals surface area contributed by atoms with Gasteiger partial charge in [0.1, 0.15) is 6.33 Å². The molecule has 0 bridgehead atoms. The Hall–Kier alpha value is -3.21. The van der Waals surface area contributed by atoms with Crippen LogP contribution in [0.1, 0.15) is 0 Å². The summed E-state index contributed by atoms with van der Waals surface area (Å²) < 4.78 is 2.04. The number of nitrogens with one attached hydrogen (secondary N) is 2. The van der Waals surface area contributed by atoms with E-state index in [1.807, 2.05) is 0 Å². The number of aliphatic carboxylic acids is 1. The molecule has 0 saturated carbocycles. The van der Waals surface area contributed by atoms with Crippen LogP contribution in [0.25, 0.3) is 5.69 Å². The zero-order valence-electron chi connectivity index (χ0n) is 15.5. The number of amides is 1. The van der Waals surface area contributed by atoms with Crippen LogP contribution in [-0.2, 0) is 9.59 Å². The van der Waals surface area contributed by atoms with E-state index in [0.29, 0.717) is 26.9 Å². The lowest BCUT2D eigenvalue weighted by Gasteiger charge is -2.29. The minimum Gasteiger partial charge on any atom is -0.480 e. The Bertz CT molecular complexity index is 1100. The van der Waals surface area contributed by atoms with Crippen LogP contribution in [-0.4, -0.2) is 56.0 Å². The van der Waals surface area contributed by atoms with E-state index < -0.39 is 24.5 Å². The molecule has 156 valence electrons. The van der Waals surface area contributed by atoms with Gasteiger partial charge in [0.15, 0.2) is 10.8 Å². The third kappa shape index (κ3) is 5.03. The van der Waals surface area contributed by atoms with Crippen molar-refractivity contribution in [1.29, 1.82) is 0 Å². The SMILES string of the molecule is O=C(CN(c1ccc(Cl)cc1)C(CO)C(=O)O)Nc1cccc(-n2cn[nH]c2=S)c1. The van der Waals surface area contributed by atoms with Crippen molar-refractivity contribution in [2.45, 2.75) is 6.04 Å². The van der Waals surface area contributed by atoms with Gasteiger partial charge in [-0.3, -0.25) is 14.5 Å². The van der Waals surface area contributed by atoms with Gasteiger partial charge in [0.05, 0.1) is 18.8 Å². The van der Waals surface area contributed by atoms with Crippen molar-refractivity contribution >= 4 is 47.1 Å². The van der Waals surface area contributed by atoms with Gasteiger partial charge in [0, 0.05) is 16.4 Å². The van der Waals surface area contributed by atoms with Crippen molar-refractivity contribution in [3.63, 3.8) is 0 Å². The lowest BCUT2D eigenvalue weighted by molar-refractivity contribution is -0.139. The Kier molecular flexibility index (Phi) is 6.83. The van der Waals surface area contributed by atoms with E-state index in [2.05, 4.69) is 15.5 Å². The van der Waals surface area contributed by atoms with E-state index >= 15 is 0 Å². The van der Waals surface area contributed by atoms with E-state index in [1.54, 1.807) is 53.1 Å². The Morgan fingerprint density at radius 2 is 2.00 bits per heavy atom. The summed E-state index contributed by atoms with van der Waals surface area (Å²) in [6.45, 7) is -0.964. The zero-order chi connectivity index (χ0) is 21.7. The lowest BCUT2D eigenvalue weighted by Crippen LogP contribution is -2.47. The second kappa shape index (κ2) is 9.53. The molecule has 30 heavy (non-hydrogen) atoms. The van der Waals surface area contributed by atoms with E-state index in [0.717, 1.165) is 0 Å². The van der Waals surface area contributed by atoms with Crippen molar-refractivity contribution in [2.24, 2.45) is 0 Å². The number of aromatic nitrogens is 3. The fourth-order valence-corrected chi connectivity index (χ4v) is 3.18. The van der Waals surface area contributed by atoms with Crippen LogP contribution in [0.15, 0.2) is 54.9 Å². The number of aromatic amines is 1. The molecule has 9 nitrogen and oxygen atoms in total. The average molecular weight is 448 g/mol. The predicted octanol–water partition coefficient (Wildman–Crippen LogP) is 2.47. The molecule has 1 aromatic heterocycles. The molecular weight excluding hydrogens is 430 g/mol. The van der Waals surface area contributed by atoms with E-state index in [-0.39, 0.29) is 6.54 Å². The number of carbonyl (C=O) groups is 2. The van der Waals surface area contributed by atoms with Gasteiger partial charge in [-0.05, 0) is 54.7 Å². The zero-order valence-corrected chi connectivity index (χ0v) is 17.1. The van der Waals surface area contributed by atoms with Crippen molar-refractivity contribution in [2.75, 3.05) is 23.4 Å². The molecule has 1 heterocycles. The number of anilines is 2. The summed E-state index contributed by atoms with van der Waals surface area (Å²) in [6, 6.07) is 12.0. The van der Waals surface area contributed by atoms with Crippen LogP contribution in [0.5, 0.6) is 0 Å². The molecule has 0 aliphatic rings. The topological polar surface area (TPSA) is 123 Å². The van der Waals surface area contributed by atoms with Gasteiger partial charge in [-0.15, -0.1) is 0 Å². The quantitative estimate of drug-likeness (QED) is 0.391. The van der Waals surface area contributed by atoms with Gasteiger partial charge < -0.3 is 20.4 Å². The highest BCUT2D eigenvalue weighted by atomic mass is 35.5. The molecule has 11 heteroatoms. The largest absolute Gasteiger partial charge is 0.480 e. The van der Waals surface area contributed by atoms with Crippen molar-refractivity contribution < 1.29 is 19.8 Å². The number of benzene rings is 2. The monoisotopic (exact) mass is 447 g/mol. The summed E-state index contributed by atoms with van der Waals surface area (Å²) >= 11 is 11.0. The van der Waals surface area contributed by atoms with Crippen LogP contribution >= 0.6 is 23.8 Å². The molecule has 0 fully saturated rings. The molecular formula is C19H18ClN5O4S. The number of carbonyl (C=O) groups excluding carboxylic acids is 1. The fourth-order valence-electron chi connectivity index (χ4n) is 2.84. The molecule has 0 aliphatic heterocycles. The number of carboxylic acids is 1. The standard InChI is InChI=1S/C19H18ClN5O4S/c20-12-4-6-14(7-5-12)24(16(10-26)18(28)29)9-17(27)22-13-2-1-3-15(8-13)25-11-21-23-19(25)30/h1-8,11,16,26H,9-10H2,(H,22,27)(H,23,30)(H,28,29). The first-order valence-electron chi connectivity index (χ1n) is 8.77. The molecule has 3 aromatic rings. The highest BCUT2D eigenvalue weighted by molar-refractivity contribution is 7.71. The second-order valence-electron chi connectivity index (χ2n) is 6.27. The number of nitrogens with zero attached hydrogens (tertiary/aromatic N) is 3. The minimum atomic E-state index is -1.30. The van der Waals surface area contributed by atoms with Gasteiger partial charge in [0.2, 0.25) is 5.91 Å². The predicted molar refractivity (Wildman–Crippen MR) is 115 cm³/mol. The summed E-state index contributed by atoms with van der Waals surface area (Å²) in [5.74, 6) is -1.71. The molecule has 0 radical (unpaired) electrons. The van der Waals surface area contributed by atoms with Crippen LogP contribution < -0.4 is 10.2 Å². The van der Waals surface area contributed by atoms with Crippen molar-refractivity contribution in [3.8, 4) is 5.69 Å². The molecule has 4 N–H and O–H groups in total. The van der Waals surface area contributed by atoms with E-state index in [1.165, 1.54) is 11.2 Å². The Labute approximate surface area is 181 Å². The molecule has 0 aliphatic carbocycles. The van der Waals surface area contributed by atoms with Gasteiger partial charge in [0.25, 0.3) is 0 Å². The summed E-state index contributed by atoms with van der Waals surface area (Å²) in [7, 11) is 0. The summed E-state index contributed by atoms with van der Waals surface area (Å²) in [6.07, 6.45) is 1.52. The number of halogens is 1. The summed E-state index contributed by atoms with van der Waals surface area (Å²) in [5, 5.41) is 28.7. The van der Waals surface area contributed by atoms with Crippen molar-refractivity contribution in [1.82, 2.24) is 14.8 Å². The lowest BCUT2D eigenvalue weighted by atomic mass is 10.2. The fraction of sp³-hybridized carbons (Fsp3) is 0.158. The number of H-pyrrole nitrogens is 1. The Morgan fingerprint density at radius 1 is 1.27 bits per heavy atom. The number of hydrogen-bond acceptors (Lipinski definition) is 6.